The maximum Gasteiger partial charge on any atom is 0.289 e. The molecule has 1 N–H and O–H groups in total. The number of para-hydroxylation sites is 1. The quantitative estimate of drug-likeness (QED) is 0.706. The molecule has 1 saturated heterocycles. The van der Waals surface area contributed by atoms with E-state index in [9.17, 15) is 9.59 Å². The second kappa shape index (κ2) is 6.34. The minimum atomic E-state index is -0.378. The first kappa shape index (κ1) is 17.3. The van der Waals surface area contributed by atoms with Crippen LogP contribution in [0.15, 0.2) is 45.6 Å². The first-order valence-electron chi connectivity index (χ1n) is 9.71. The summed E-state index contributed by atoms with van der Waals surface area (Å²) in [6.45, 7) is 3.49. The molecule has 0 unspecified atom stereocenters. The number of fused-ring (bicyclic) bond motifs is 4. The number of aryl methyl sites for hydroxylation is 1. The maximum atomic E-state index is 12.8. The number of rotatable bonds is 1. The second-order valence-corrected chi connectivity index (χ2v) is 7.68. The molecular formula is C22H22N2O4. The van der Waals surface area contributed by atoms with Gasteiger partial charge in [-0.05, 0) is 37.8 Å². The Labute approximate surface area is 162 Å². The van der Waals surface area contributed by atoms with Crippen LogP contribution in [-0.2, 0) is 16.8 Å². The number of ether oxygens (including phenoxy) is 1. The van der Waals surface area contributed by atoms with E-state index in [-0.39, 0.29) is 22.7 Å². The van der Waals surface area contributed by atoms with Gasteiger partial charge in [0.05, 0.1) is 12.3 Å². The van der Waals surface area contributed by atoms with Gasteiger partial charge in [0.1, 0.15) is 11.4 Å². The number of carbonyl (C=O) groups is 1. The van der Waals surface area contributed by atoms with Crippen LogP contribution in [0, 0.1) is 6.92 Å². The van der Waals surface area contributed by atoms with Crippen molar-refractivity contribution in [2.24, 2.45) is 0 Å². The number of aromatic amines is 1. The van der Waals surface area contributed by atoms with Crippen molar-refractivity contribution in [2.45, 2.75) is 31.8 Å². The molecule has 2 aliphatic rings. The lowest BCUT2D eigenvalue weighted by Crippen LogP contribution is -2.48. The van der Waals surface area contributed by atoms with Crippen molar-refractivity contribution in [3.05, 3.63) is 69.4 Å². The standard InChI is InChI=1S/C22H22N2O4/c1-14-12-15(25)13-19(28-14)21(26)24-9-7-22(8-10-24)20-17(6-11-27-22)16-4-2-3-5-18(16)23-20/h2-5,12-13,23H,6-11H2,1H3. The number of nitrogens with zero attached hydrogens (tertiary/aromatic N) is 1. The zero-order valence-corrected chi connectivity index (χ0v) is 15.8. The molecule has 5 rings (SSSR count). The number of hydrogen-bond donors (Lipinski definition) is 1. The number of amides is 1. The van der Waals surface area contributed by atoms with Gasteiger partial charge < -0.3 is 19.0 Å². The van der Waals surface area contributed by atoms with Gasteiger partial charge >= 0.3 is 0 Å². The van der Waals surface area contributed by atoms with E-state index in [2.05, 4.69) is 23.2 Å². The molecule has 3 aromatic rings. The Balaban J connectivity index is 1.42. The lowest BCUT2D eigenvalue weighted by molar-refractivity contribution is -0.0959. The van der Waals surface area contributed by atoms with Gasteiger partial charge in [-0.25, -0.2) is 0 Å². The molecule has 6 nitrogen and oxygen atoms in total. The van der Waals surface area contributed by atoms with Gasteiger partial charge in [-0.1, -0.05) is 18.2 Å². The highest BCUT2D eigenvalue weighted by Crippen LogP contribution is 2.43. The number of piperidine rings is 1. The molecule has 6 heteroatoms. The van der Waals surface area contributed by atoms with Gasteiger partial charge in [0.2, 0.25) is 0 Å². The summed E-state index contributed by atoms with van der Waals surface area (Å²) in [6, 6.07) is 11.0. The van der Waals surface area contributed by atoms with Gasteiger partial charge in [-0.15, -0.1) is 0 Å². The Kier molecular flexibility index (Phi) is 3.91. The first-order chi connectivity index (χ1) is 13.6. The number of nitrogens with one attached hydrogen (secondary N) is 1. The third-order valence-corrected chi connectivity index (χ3v) is 5.96. The summed E-state index contributed by atoms with van der Waals surface area (Å²) in [5.41, 5.74) is 3.05. The minimum Gasteiger partial charge on any atom is -0.456 e. The van der Waals surface area contributed by atoms with E-state index in [1.807, 2.05) is 6.07 Å². The van der Waals surface area contributed by atoms with E-state index < -0.39 is 0 Å². The van der Waals surface area contributed by atoms with Crippen molar-refractivity contribution in [1.82, 2.24) is 9.88 Å². The maximum absolute atomic E-state index is 12.8. The van der Waals surface area contributed by atoms with E-state index >= 15 is 0 Å². The third-order valence-electron chi connectivity index (χ3n) is 5.96. The molecule has 0 radical (unpaired) electrons. The van der Waals surface area contributed by atoms with Crippen LogP contribution in [0.4, 0.5) is 0 Å². The fourth-order valence-corrected chi connectivity index (χ4v) is 4.60. The minimum absolute atomic E-state index is 0.108. The predicted molar refractivity (Wildman–Crippen MR) is 104 cm³/mol. The van der Waals surface area contributed by atoms with Crippen molar-refractivity contribution in [1.29, 1.82) is 0 Å². The lowest BCUT2D eigenvalue weighted by atomic mass is 9.83. The Bertz CT molecular complexity index is 1120. The molecule has 1 fully saturated rings. The number of benzene rings is 1. The van der Waals surface area contributed by atoms with Crippen LogP contribution in [0.3, 0.4) is 0 Å². The molecule has 0 aliphatic carbocycles. The van der Waals surface area contributed by atoms with E-state index in [1.54, 1.807) is 11.8 Å². The van der Waals surface area contributed by atoms with Crippen molar-refractivity contribution < 1.29 is 13.9 Å². The molecule has 4 heterocycles. The molecule has 1 aromatic carbocycles. The van der Waals surface area contributed by atoms with Crippen molar-refractivity contribution in [3.8, 4) is 0 Å². The molecule has 2 aliphatic heterocycles. The van der Waals surface area contributed by atoms with Crippen molar-refractivity contribution in [2.75, 3.05) is 19.7 Å². The van der Waals surface area contributed by atoms with Gasteiger partial charge in [0.25, 0.3) is 5.91 Å². The zero-order chi connectivity index (χ0) is 19.3. The summed E-state index contributed by atoms with van der Waals surface area (Å²) >= 11 is 0. The number of hydrogen-bond acceptors (Lipinski definition) is 4. The van der Waals surface area contributed by atoms with Gasteiger partial charge in [0, 0.05) is 36.1 Å². The zero-order valence-electron chi connectivity index (χ0n) is 15.8. The highest BCUT2D eigenvalue weighted by atomic mass is 16.5. The number of carbonyl (C=O) groups excluding carboxylic acids is 1. The number of aromatic nitrogens is 1. The van der Waals surface area contributed by atoms with Crippen LogP contribution in [0.25, 0.3) is 10.9 Å². The molecule has 28 heavy (non-hydrogen) atoms. The van der Waals surface area contributed by atoms with Crippen LogP contribution in [-0.4, -0.2) is 35.5 Å². The van der Waals surface area contributed by atoms with E-state index in [0.717, 1.165) is 17.6 Å². The third kappa shape index (κ3) is 2.67. The largest absolute Gasteiger partial charge is 0.456 e. The fourth-order valence-electron chi connectivity index (χ4n) is 4.60. The summed E-state index contributed by atoms with van der Waals surface area (Å²) in [5, 5.41) is 1.26. The predicted octanol–water partition coefficient (Wildman–Crippen LogP) is 3.13. The van der Waals surface area contributed by atoms with Crippen molar-refractivity contribution >= 4 is 16.8 Å². The Morgan fingerprint density at radius 2 is 1.96 bits per heavy atom. The van der Waals surface area contributed by atoms with Gasteiger partial charge in [-0.2, -0.15) is 0 Å². The van der Waals surface area contributed by atoms with E-state index in [0.29, 0.717) is 38.3 Å². The average Bonchev–Trinajstić information content (AvgIpc) is 3.08. The molecule has 0 bridgehead atoms. The molecule has 144 valence electrons. The molecule has 2 aromatic heterocycles. The summed E-state index contributed by atoms with van der Waals surface area (Å²) in [7, 11) is 0. The number of likely N-dealkylation sites (tertiary alicyclic amines) is 1. The average molecular weight is 378 g/mol. The Morgan fingerprint density at radius 3 is 2.75 bits per heavy atom. The van der Waals surface area contributed by atoms with Crippen molar-refractivity contribution in [3.63, 3.8) is 0 Å². The Hall–Kier alpha value is -2.86. The molecule has 0 saturated carbocycles. The smallest absolute Gasteiger partial charge is 0.289 e. The summed E-state index contributed by atoms with van der Waals surface area (Å²) < 4.78 is 11.8. The van der Waals surface area contributed by atoms with Crippen LogP contribution in [0.2, 0.25) is 0 Å². The lowest BCUT2D eigenvalue weighted by Gasteiger charge is -2.43. The second-order valence-electron chi connectivity index (χ2n) is 7.68. The highest BCUT2D eigenvalue weighted by Gasteiger charge is 2.43. The van der Waals surface area contributed by atoms with Crippen LogP contribution >= 0.6 is 0 Å². The molecule has 1 spiro atoms. The highest BCUT2D eigenvalue weighted by molar-refractivity contribution is 5.91. The van der Waals surface area contributed by atoms with E-state index in [1.165, 1.54) is 23.1 Å². The van der Waals surface area contributed by atoms with Crippen LogP contribution in [0.1, 0.15) is 40.4 Å². The molecule has 0 atom stereocenters. The van der Waals surface area contributed by atoms with Gasteiger partial charge in [0.15, 0.2) is 11.2 Å². The first-order valence-corrected chi connectivity index (χ1v) is 9.71. The topological polar surface area (TPSA) is 75.5 Å². The summed E-state index contributed by atoms with van der Waals surface area (Å²) in [4.78, 5) is 29.8. The fraction of sp³-hybridized carbons (Fsp3) is 0.364. The Morgan fingerprint density at radius 1 is 1.18 bits per heavy atom. The summed E-state index contributed by atoms with van der Waals surface area (Å²) in [6.07, 6.45) is 2.33. The number of H-pyrrole nitrogens is 1. The van der Waals surface area contributed by atoms with E-state index in [4.69, 9.17) is 9.15 Å². The SMILES string of the molecule is Cc1cc(=O)cc(C(=O)N2CCC3(CC2)OCCc2c3[nH]c3ccccc23)o1. The van der Waals surface area contributed by atoms with Crippen LogP contribution in [0.5, 0.6) is 0 Å². The summed E-state index contributed by atoms with van der Waals surface area (Å²) in [5.74, 6) is 0.322. The van der Waals surface area contributed by atoms with Gasteiger partial charge in [-0.3, -0.25) is 9.59 Å². The normalized spacial score (nSPS) is 18.4. The molecular weight excluding hydrogens is 356 g/mol. The monoisotopic (exact) mass is 378 g/mol. The van der Waals surface area contributed by atoms with Crippen LogP contribution < -0.4 is 5.43 Å². The molecule has 1 amide bonds.